The summed E-state index contributed by atoms with van der Waals surface area (Å²) in [6.07, 6.45) is 32.8. The molecular weight excluding hydrogens is 397 g/mol. The topological polar surface area (TPSA) is 29.1 Å². The van der Waals surface area contributed by atoms with Gasteiger partial charge in [-0.05, 0) is 57.8 Å². The molecule has 0 heterocycles. The van der Waals surface area contributed by atoms with Crippen LogP contribution < -0.4 is 5.32 Å². The van der Waals surface area contributed by atoms with Crippen LogP contribution in [0.1, 0.15) is 136 Å². The summed E-state index contributed by atoms with van der Waals surface area (Å²) in [6, 6.07) is 0. The van der Waals surface area contributed by atoms with E-state index in [4.69, 9.17) is 0 Å². The third kappa shape index (κ3) is 21.5. The van der Waals surface area contributed by atoms with Gasteiger partial charge in [0.25, 0.3) is 0 Å². The van der Waals surface area contributed by atoms with E-state index < -0.39 is 6.89 Å². The van der Waals surface area contributed by atoms with E-state index in [9.17, 15) is 4.79 Å². The summed E-state index contributed by atoms with van der Waals surface area (Å²) in [6.45, 7) is 4.76. The third-order valence-electron chi connectivity index (χ3n) is 6.88. The molecule has 0 aliphatic carbocycles. The van der Waals surface area contributed by atoms with Gasteiger partial charge in [0.05, 0.1) is 0 Å². The van der Waals surface area contributed by atoms with Crippen LogP contribution in [0, 0.1) is 0 Å². The Morgan fingerprint density at radius 1 is 0.645 bits per heavy atom. The van der Waals surface area contributed by atoms with E-state index in [-0.39, 0.29) is 0 Å². The number of ketones is 1. The maximum atomic E-state index is 12.1. The number of Topliss-reactive ketones (excluding diaryl/α,β-unsaturated/α-hetero) is 1. The Kier molecular flexibility index (Phi) is 23.0. The van der Waals surface area contributed by atoms with Crippen molar-refractivity contribution in [1.29, 1.82) is 0 Å². The fourth-order valence-electron chi connectivity index (χ4n) is 4.43. The molecule has 1 unspecified atom stereocenters. The van der Waals surface area contributed by atoms with Crippen LogP contribution >= 0.6 is 6.89 Å². The maximum absolute atomic E-state index is 12.1. The predicted molar refractivity (Wildman–Crippen MR) is 147 cm³/mol. The zero-order valence-electron chi connectivity index (χ0n) is 21.8. The van der Waals surface area contributed by atoms with Gasteiger partial charge in [-0.15, -0.1) is 13.2 Å². The first-order chi connectivity index (χ1) is 15.1. The monoisotopic (exact) mass is 455 g/mol. The largest absolute Gasteiger partial charge is 0.320 e. The molecule has 31 heavy (non-hydrogen) atoms. The Labute approximate surface area is 197 Å². The third-order valence-corrected chi connectivity index (χ3v) is 10.7. The molecule has 0 spiro atoms. The van der Waals surface area contributed by atoms with Gasteiger partial charge in [-0.2, -0.15) is 0 Å². The van der Waals surface area contributed by atoms with Crippen molar-refractivity contribution < 1.29 is 4.79 Å². The quantitative estimate of drug-likeness (QED) is 0.110. The second-order valence-corrected chi connectivity index (χ2v) is 14.1. The highest BCUT2D eigenvalue weighted by molar-refractivity contribution is 7.73. The molecule has 0 saturated carbocycles. The van der Waals surface area contributed by atoms with Gasteiger partial charge in [0.15, 0.2) is 0 Å². The van der Waals surface area contributed by atoms with Crippen molar-refractivity contribution in [3.63, 3.8) is 0 Å². The summed E-state index contributed by atoms with van der Waals surface area (Å²) in [5.41, 5.74) is 0. The molecule has 1 N–H and O–H groups in total. The van der Waals surface area contributed by atoms with Gasteiger partial charge in [-0.3, -0.25) is 4.79 Å². The Morgan fingerprint density at radius 2 is 1.06 bits per heavy atom. The van der Waals surface area contributed by atoms with Crippen LogP contribution in [0.2, 0.25) is 0 Å². The first-order valence-corrected chi connectivity index (χ1v) is 16.5. The summed E-state index contributed by atoms with van der Waals surface area (Å²) >= 11 is 0. The van der Waals surface area contributed by atoms with Gasteiger partial charge >= 0.3 is 0 Å². The molecule has 2 nitrogen and oxygen atoms in total. The molecule has 0 rings (SSSR count). The summed E-state index contributed by atoms with van der Waals surface area (Å²) in [5.74, 6) is 0.503. The van der Waals surface area contributed by atoms with Gasteiger partial charge in [-0.1, -0.05) is 97.3 Å². The van der Waals surface area contributed by atoms with Crippen LogP contribution in [0.4, 0.5) is 0 Å². The van der Waals surface area contributed by atoms with E-state index in [1.165, 1.54) is 115 Å². The zero-order valence-corrected chi connectivity index (χ0v) is 22.7. The molecule has 0 radical (unpaired) electrons. The average Bonchev–Trinajstić information content (AvgIpc) is 2.77. The molecule has 1 atom stereocenters. The van der Waals surface area contributed by atoms with Crippen molar-refractivity contribution in [2.24, 2.45) is 0 Å². The summed E-state index contributed by atoms with van der Waals surface area (Å²) in [5, 5.41) is 3.25. The van der Waals surface area contributed by atoms with Crippen LogP contribution in [-0.4, -0.2) is 44.2 Å². The maximum Gasteiger partial charge on any atom is 0.132 e. The molecule has 0 bridgehead atoms. The van der Waals surface area contributed by atoms with Gasteiger partial charge in [0, 0.05) is 12.8 Å². The van der Waals surface area contributed by atoms with Crippen molar-refractivity contribution in [1.82, 2.24) is 5.32 Å². The number of carbonyl (C=O) groups excluding carboxylic acids is 1. The number of hydrogen-bond donors (Lipinski definition) is 1. The van der Waals surface area contributed by atoms with Crippen LogP contribution in [0.5, 0.6) is 0 Å². The molecule has 0 aromatic rings. The summed E-state index contributed by atoms with van der Waals surface area (Å²) in [4.78, 5) is 12.1. The van der Waals surface area contributed by atoms with E-state index in [1.54, 1.807) is 0 Å². The minimum absolute atomic E-state index is 0.503. The van der Waals surface area contributed by atoms with Crippen molar-refractivity contribution in [2.75, 3.05) is 32.1 Å². The van der Waals surface area contributed by atoms with Gasteiger partial charge in [-0.25, -0.2) is 0 Å². The van der Waals surface area contributed by atoms with Gasteiger partial charge < -0.3 is 5.32 Å². The van der Waals surface area contributed by atoms with Crippen molar-refractivity contribution >= 4 is 19.0 Å². The van der Waals surface area contributed by atoms with Crippen molar-refractivity contribution in [3.8, 4) is 0 Å². The molecule has 0 saturated heterocycles. The fraction of sp³-hybridized carbons (Fsp3) is 0.929. The van der Waals surface area contributed by atoms with Crippen LogP contribution in [0.25, 0.3) is 0 Å². The lowest BCUT2D eigenvalue weighted by Gasteiger charge is -2.22. The van der Waals surface area contributed by atoms with E-state index in [0.29, 0.717) is 5.78 Å². The first kappa shape index (κ1) is 30.9. The van der Waals surface area contributed by atoms with Crippen LogP contribution in [0.15, 0.2) is 0 Å². The Morgan fingerprint density at radius 3 is 1.52 bits per heavy atom. The molecule has 0 amide bonds. The van der Waals surface area contributed by atoms with E-state index in [1.807, 2.05) is 7.05 Å². The standard InChI is InChI=1S/C28H58NOP/c1-5-7-8-9-10-11-12-13-14-15-16-17-19-23-28(30)24-20-18-21-26-31(4,6-2)27-22-25-29-3/h29H,4-27H2,1-3H3. The lowest BCUT2D eigenvalue weighted by molar-refractivity contribution is -0.119. The molecule has 0 fully saturated rings. The second-order valence-electron chi connectivity index (χ2n) is 9.90. The van der Waals surface area contributed by atoms with E-state index in [0.717, 1.165) is 32.2 Å². The van der Waals surface area contributed by atoms with E-state index >= 15 is 0 Å². The fourth-order valence-corrected chi connectivity index (χ4v) is 7.01. The highest BCUT2D eigenvalue weighted by Gasteiger charge is 2.11. The molecule has 186 valence electrons. The Balaban J connectivity index is 3.42. The first-order valence-electron chi connectivity index (χ1n) is 13.9. The highest BCUT2D eigenvalue weighted by atomic mass is 31.2. The predicted octanol–water partition coefficient (Wildman–Crippen LogP) is 8.68. The molecule has 0 aromatic carbocycles. The normalized spacial score (nSPS) is 13.4. The molecule has 0 aliphatic heterocycles. The zero-order chi connectivity index (χ0) is 23.0. The molecule has 0 aliphatic rings. The minimum atomic E-state index is -0.963. The lowest BCUT2D eigenvalue weighted by atomic mass is 10.0. The number of nitrogens with one attached hydrogen (secondary N) is 1. The van der Waals surface area contributed by atoms with Gasteiger partial charge in [0.2, 0.25) is 0 Å². The number of unbranched alkanes of at least 4 members (excludes halogenated alkanes) is 14. The molecular formula is C28H58NOP. The SMILES string of the molecule is C=P(CC)(CCCCCC(=O)CCCCCCCCCCCCCCC)CCCNC. The van der Waals surface area contributed by atoms with Crippen LogP contribution in [-0.2, 0) is 4.79 Å². The smallest absolute Gasteiger partial charge is 0.132 e. The average molecular weight is 456 g/mol. The van der Waals surface area contributed by atoms with E-state index in [2.05, 4.69) is 25.5 Å². The summed E-state index contributed by atoms with van der Waals surface area (Å²) in [7, 11) is 2.03. The second kappa shape index (κ2) is 23.1. The number of rotatable bonds is 25. The highest BCUT2D eigenvalue weighted by Crippen LogP contribution is 2.45. The number of hydrogen-bond acceptors (Lipinski definition) is 2. The van der Waals surface area contributed by atoms with Crippen molar-refractivity contribution in [3.05, 3.63) is 0 Å². The summed E-state index contributed by atoms with van der Waals surface area (Å²) < 4.78 is 0. The van der Waals surface area contributed by atoms with Gasteiger partial charge in [0.1, 0.15) is 5.78 Å². The number of carbonyl (C=O) groups is 1. The minimum Gasteiger partial charge on any atom is -0.320 e. The van der Waals surface area contributed by atoms with Crippen LogP contribution in [0.3, 0.4) is 0 Å². The molecule has 0 aromatic heterocycles. The Bertz CT molecular complexity index is 435. The Hall–Kier alpha value is -0.0700. The van der Waals surface area contributed by atoms with Crippen molar-refractivity contribution in [2.45, 2.75) is 136 Å². The lowest BCUT2D eigenvalue weighted by Crippen LogP contribution is -2.10. The molecule has 3 heteroatoms.